The number of likely N-dealkylation sites (N-methyl/N-ethyl adjacent to an activating group) is 1. The van der Waals surface area contributed by atoms with E-state index in [0.29, 0.717) is 18.8 Å². The summed E-state index contributed by atoms with van der Waals surface area (Å²) in [6.45, 7) is 5.05. The molecule has 35 heavy (non-hydrogen) atoms. The maximum absolute atomic E-state index is 13.6. The number of hydrogen-bond donors (Lipinski definition) is 1. The predicted molar refractivity (Wildman–Crippen MR) is 135 cm³/mol. The molecule has 1 N–H and O–H groups in total. The van der Waals surface area contributed by atoms with Crippen LogP contribution >= 0.6 is 0 Å². The van der Waals surface area contributed by atoms with Crippen molar-refractivity contribution in [1.82, 2.24) is 9.80 Å². The summed E-state index contributed by atoms with van der Waals surface area (Å²) in [6, 6.07) is 4.44. The maximum atomic E-state index is 13.6. The van der Waals surface area contributed by atoms with Crippen LogP contribution in [0.2, 0.25) is 0 Å². The third-order valence-electron chi connectivity index (χ3n) is 6.99. The average Bonchev–Trinajstić information content (AvgIpc) is 2.82. The minimum Gasteiger partial charge on any atom is -0.491 e. The van der Waals surface area contributed by atoms with Gasteiger partial charge in [0.05, 0.1) is 24.0 Å². The summed E-state index contributed by atoms with van der Waals surface area (Å²) in [4.78, 5) is 30.4. The Kier molecular flexibility index (Phi) is 9.04. The van der Waals surface area contributed by atoms with Crippen molar-refractivity contribution >= 4 is 27.5 Å². The molecule has 3 rings (SSSR count). The number of benzene rings is 1. The zero-order valence-corrected chi connectivity index (χ0v) is 22.3. The highest BCUT2D eigenvalue weighted by atomic mass is 32.2. The van der Waals surface area contributed by atoms with E-state index in [1.54, 1.807) is 31.2 Å². The predicted octanol–water partition coefficient (Wildman–Crippen LogP) is 2.97. The fraction of sp³-hybridized carbons (Fsp3) is 0.680. The van der Waals surface area contributed by atoms with Crippen molar-refractivity contribution in [2.75, 3.05) is 44.8 Å². The monoisotopic (exact) mass is 509 g/mol. The van der Waals surface area contributed by atoms with E-state index in [1.165, 1.54) is 12.5 Å². The summed E-state index contributed by atoms with van der Waals surface area (Å²) in [7, 11) is -0.211. The van der Waals surface area contributed by atoms with Crippen LogP contribution in [-0.2, 0) is 19.6 Å². The Labute approximate surface area is 209 Å². The minimum atomic E-state index is -3.51. The number of carbonyl (C=O) groups is 2. The zero-order valence-electron chi connectivity index (χ0n) is 21.5. The number of amides is 2. The van der Waals surface area contributed by atoms with Gasteiger partial charge >= 0.3 is 0 Å². The van der Waals surface area contributed by atoms with Crippen LogP contribution in [0, 0.1) is 11.8 Å². The molecule has 1 saturated carbocycles. The number of hydrogen-bond acceptors (Lipinski definition) is 6. The number of methoxy groups -OCH3 is 1. The second-order valence-electron chi connectivity index (χ2n) is 10.0. The molecular weight excluding hydrogens is 470 g/mol. The van der Waals surface area contributed by atoms with Gasteiger partial charge in [0.2, 0.25) is 15.9 Å². The Balaban J connectivity index is 1.95. The van der Waals surface area contributed by atoms with Gasteiger partial charge in [-0.1, -0.05) is 26.2 Å². The largest absolute Gasteiger partial charge is 0.491 e. The molecule has 0 unspecified atom stereocenters. The Morgan fingerprint density at radius 1 is 1.14 bits per heavy atom. The molecule has 0 aromatic heterocycles. The van der Waals surface area contributed by atoms with Crippen molar-refractivity contribution in [3.63, 3.8) is 0 Å². The highest BCUT2D eigenvalue weighted by Gasteiger charge is 2.33. The number of carbonyl (C=O) groups excluding carboxylic acids is 2. The van der Waals surface area contributed by atoms with Gasteiger partial charge in [0.25, 0.3) is 5.91 Å². The average molecular weight is 510 g/mol. The van der Waals surface area contributed by atoms with Crippen LogP contribution in [0.3, 0.4) is 0 Å². The van der Waals surface area contributed by atoms with Gasteiger partial charge in [0.15, 0.2) is 0 Å². The fourth-order valence-electron chi connectivity index (χ4n) is 4.95. The van der Waals surface area contributed by atoms with Crippen molar-refractivity contribution in [3.05, 3.63) is 23.8 Å². The summed E-state index contributed by atoms with van der Waals surface area (Å²) < 4.78 is 37.7. The summed E-state index contributed by atoms with van der Waals surface area (Å²) in [6.07, 6.45) is 5.95. The molecule has 2 aliphatic rings. The summed E-state index contributed by atoms with van der Waals surface area (Å²) in [5, 5.41) is 0. The topological polar surface area (TPSA) is 105 Å². The number of sulfonamides is 1. The first kappa shape index (κ1) is 27.3. The first-order valence-electron chi connectivity index (χ1n) is 12.3. The molecule has 0 radical (unpaired) electrons. The quantitative estimate of drug-likeness (QED) is 0.669. The molecule has 1 aliphatic heterocycles. The molecule has 0 saturated heterocycles. The number of ether oxygens (including phenoxy) is 2. The van der Waals surface area contributed by atoms with Gasteiger partial charge < -0.3 is 19.3 Å². The van der Waals surface area contributed by atoms with Crippen LogP contribution in [0.15, 0.2) is 18.2 Å². The second kappa shape index (κ2) is 11.6. The number of nitrogens with zero attached hydrogens (tertiary/aromatic N) is 2. The van der Waals surface area contributed by atoms with E-state index in [4.69, 9.17) is 9.47 Å². The van der Waals surface area contributed by atoms with Crippen LogP contribution < -0.4 is 9.46 Å². The smallest absolute Gasteiger partial charge is 0.257 e. The van der Waals surface area contributed by atoms with E-state index < -0.39 is 10.0 Å². The van der Waals surface area contributed by atoms with E-state index in [1.807, 2.05) is 18.7 Å². The molecule has 3 atom stereocenters. The molecule has 1 aromatic rings. The first-order chi connectivity index (χ1) is 16.5. The highest BCUT2D eigenvalue weighted by Crippen LogP contribution is 2.29. The number of nitrogens with one attached hydrogen (secondary N) is 1. The lowest BCUT2D eigenvalue weighted by atomic mass is 9.87. The molecule has 0 bridgehead atoms. The van der Waals surface area contributed by atoms with E-state index in [9.17, 15) is 18.0 Å². The molecule has 1 heterocycles. The Hall–Kier alpha value is -2.33. The summed E-state index contributed by atoms with van der Waals surface area (Å²) in [5.41, 5.74) is 0.532. The Morgan fingerprint density at radius 3 is 2.46 bits per heavy atom. The van der Waals surface area contributed by atoms with Crippen LogP contribution in [0.5, 0.6) is 5.75 Å². The molecule has 1 fully saturated rings. The first-order valence-corrected chi connectivity index (χ1v) is 14.2. The van der Waals surface area contributed by atoms with Gasteiger partial charge in [0.1, 0.15) is 12.4 Å². The third-order valence-corrected chi connectivity index (χ3v) is 7.59. The third kappa shape index (κ3) is 7.10. The number of fused-ring (bicyclic) bond motifs is 1. The van der Waals surface area contributed by atoms with Gasteiger partial charge in [-0.15, -0.1) is 0 Å². The number of anilines is 1. The lowest BCUT2D eigenvalue weighted by Crippen LogP contribution is -2.50. The van der Waals surface area contributed by atoms with Crippen molar-refractivity contribution in [3.8, 4) is 5.75 Å². The van der Waals surface area contributed by atoms with E-state index >= 15 is 0 Å². The second-order valence-corrected chi connectivity index (χ2v) is 11.8. The minimum absolute atomic E-state index is 0.0117. The SMILES string of the molecule is CO[C@H]1CN(C)C(=O)c2cc(NS(C)(=O)=O)ccc2OC[C@@H](C)N(C(=O)C2CCCCC2)C[C@@H]1C. The molecule has 10 heteroatoms. The van der Waals surface area contributed by atoms with Crippen molar-refractivity contribution < 1.29 is 27.5 Å². The molecular formula is C25H39N3O6S. The molecule has 196 valence electrons. The lowest BCUT2D eigenvalue weighted by Gasteiger charge is -2.38. The maximum Gasteiger partial charge on any atom is 0.257 e. The van der Waals surface area contributed by atoms with E-state index in [-0.39, 0.29) is 53.7 Å². The molecule has 1 aliphatic carbocycles. The normalized spacial score (nSPS) is 25.2. The fourth-order valence-corrected chi connectivity index (χ4v) is 5.50. The Morgan fingerprint density at radius 2 is 1.83 bits per heavy atom. The molecule has 9 nitrogen and oxygen atoms in total. The van der Waals surface area contributed by atoms with Crippen molar-refractivity contribution in [2.24, 2.45) is 11.8 Å². The summed E-state index contributed by atoms with van der Waals surface area (Å²) >= 11 is 0. The van der Waals surface area contributed by atoms with E-state index in [2.05, 4.69) is 4.72 Å². The standard InChI is InChI=1S/C25H39N3O6S/c1-17-14-28(24(29)19-9-7-6-8-10-19)18(2)16-34-22-12-11-20(26-35(5,31)32)13-21(22)25(30)27(3)15-23(17)33-4/h11-13,17-19,23,26H,6-10,14-16H2,1-5H3/t17-,18+,23-/m0/s1. The summed E-state index contributed by atoms with van der Waals surface area (Å²) in [5.74, 6) is 0.239. The van der Waals surface area contributed by atoms with Gasteiger partial charge in [-0.2, -0.15) is 0 Å². The molecule has 1 aromatic carbocycles. The highest BCUT2D eigenvalue weighted by molar-refractivity contribution is 7.92. The molecule has 2 amide bonds. The van der Waals surface area contributed by atoms with Crippen LogP contribution in [-0.4, -0.2) is 82.3 Å². The molecule has 0 spiro atoms. The van der Waals surface area contributed by atoms with Crippen LogP contribution in [0.4, 0.5) is 5.69 Å². The zero-order chi connectivity index (χ0) is 25.8. The van der Waals surface area contributed by atoms with Gasteiger partial charge in [-0.25, -0.2) is 8.42 Å². The van der Waals surface area contributed by atoms with Crippen molar-refractivity contribution in [1.29, 1.82) is 0 Å². The van der Waals surface area contributed by atoms with Crippen LogP contribution in [0.1, 0.15) is 56.3 Å². The lowest BCUT2D eigenvalue weighted by molar-refractivity contribution is -0.141. The van der Waals surface area contributed by atoms with E-state index in [0.717, 1.165) is 31.9 Å². The number of rotatable bonds is 4. The van der Waals surface area contributed by atoms with Gasteiger partial charge in [0, 0.05) is 44.8 Å². The van der Waals surface area contributed by atoms with Gasteiger partial charge in [-0.3, -0.25) is 14.3 Å². The van der Waals surface area contributed by atoms with Crippen LogP contribution in [0.25, 0.3) is 0 Å². The Bertz CT molecular complexity index is 1010. The van der Waals surface area contributed by atoms with Crippen molar-refractivity contribution in [2.45, 2.75) is 58.1 Å². The van der Waals surface area contributed by atoms with Gasteiger partial charge in [-0.05, 0) is 38.0 Å².